The van der Waals surface area contributed by atoms with Crippen LogP contribution in [0.2, 0.25) is 0 Å². The number of hydrogen-bond acceptors (Lipinski definition) is 2. The maximum absolute atomic E-state index is 11.3. The summed E-state index contributed by atoms with van der Waals surface area (Å²) in [5.41, 5.74) is 1.08. The van der Waals surface area contributed by atoms with Gasteiger partial charge in [0.05, 0.1) is 0 Å². The van der Waals surface area contributed by atoms with E-state index in [1.165, 1.54) is 0 Å². The van der Waals surface area contributed by atoms with Crippen molar-refractivity contribution < 1.29 is 4.79 Å². The predicted molar refractivity (Wildman–Crippen MR) is 70.6 cm³/mol. The van der Waals surface area contributed by atoms with Crippen LogP contribution >= 0.6 is 15.9 Å². The van der Waals surface area contributed by atoms with E-state index in [1.54, 1.807) is 19.0 Å². The number of rotatable bonds is 5. The van der Waals surface area contributed by atoms with Crippen LogP contribution in [-0.4, -0.2) is 31.4 Å². The van der Waals surface area contributed by atoms with Crippen molar-refractivity contribution in [3.05, 3.63) is 28.7 Å². The molecule has 4 heteroatoms. The molecule has 1 N–H and O–H groups in total. The number of hydrogen-bond donors (Lipinski definition) is 1. The highest BCUT2D eigenvalue weighted by Crippen LogP contribution is 2.13. The summed E-state index contributed by atoms with van der Waals surface area (Å²) in [6, 6.07) is 8.01. The van der Waals surface area contributed by atoms with Gasteiger partial charge >= 0.3 is 0 Å². The summed E-state index contributed by atoms with van der Waals surface area (Å²) in [4.78, 5) is 12.9. The number of carbonyl (C=O) groups excluding carboxylic acids is 1. The maximum Gasteiger partial charge on any atom is 0.222 e. The van der Waals surface area contributed by atoms with Crippen LogP contribution in [0, 0.1) is 0 Å². The molecule has 0 radical (unpaired) electrons. The van der Waals surface area contributed by atoms with Gasteiger partial charge in [-0.15, -0.1) is 0 Å². The molecule has 0 heterocycles. The highest BCUT2D eigenvalue weighted by atomic mass is 79.9. The summed E-state index contributed by atoms with van der Waals surface area (Å²) in [5.74, 6) is 0.178. The largest absolute Gasteiger partial charge is 0.385 e. The minimum absolute atomic E-state index is 0.178. The second kappa shape index (κ2) is 6.53. The van der Waals surface area contributed by atoms with Gasteiger partial charge in [0.1, 0.15) is 0 Å². The van der Waals surface area contributed by atoms with Crippen molar-refractivity contribution in [2.24, 2.45) is 0 Å². The van der Waals surface area contributed by atoms with Crippen LogP contribution in [-0.2, 0) is 4.79 Å². The molecule has 0 atom stereocenters. The van der Waals surface area contributed by atoms with Crippen molar-refractivity contribution in [1.82, 2.24) is 4.90 Å². The van der Waals surface area contributed by atoms with Gasteiger partial charge in [0.15, 0.2) is 0 Å². The lowest BCUT2D eigenvalue weighted by molar-refractivity contribution is -0.128. The standard InChI is InChI=1S/C12H17BrN2O/c1-15(2)12(16)4-3-9-14-11-7-5-10(13)6-8-11/h5-8,14H,3-4,9H2,1-2H3. The fourth-order valence-electron chi connectivity index (χ4n) is 1.26. The Labute approximate surface area is 105 Å². The average Bonchev–Trinajstić information content (AvgIpc) is 2.26. The van der Waals surface area contributed by atoms with Gasteiger partial charge in [0.25, 0.3) is 0 Å². The lowest BCUT2D eigenvalue weighted by Crippen LogP contribution is -2.21. The summed E-state index contributed by atoms with van der Waals surface area (Å²) < 4.78 is 1.07. The lowest BCUT2D eigenvalue weighted by atomic mass is 10.2. The molecular weight excluding hydrogens is 268 g/mol. The summed E-state index contributed by atoms with van der Waals surface area (Å²) in [5, 5.41) is 3.27. The van der Waals surface area contributed by atoms with Crippen LogP contribution in [0.5, 0.6) is 0 Å². The summed E-state index contributed by atoms with van der Waals surface area (Å²) in [7, 11) is 3.56. The molecule has 0 aromatic heterocycles. The summed E-state index contributed by atoms with van der Waals surface area (Å²) in [6.45, 7) is 0.821. The second-order valence-electron chi connectivity index (χ2n) is 3.83. The number of nitrogens with one attached hydrogen (secondary N) is 1. The zero-order chi connectivity index (χ0) is 12.0. The van der Waals surface area contributed by atoms with E-state index < -0.39 is 0 Å². The quantitative estimate of drug-likeness (QED) is 0.844. The molecule has 88 valence electrons. The number of anilines is 1. The van der Waals surface area contributed by atoms with Gasteiger partial charge in [-0.3, -0.25) is 4.79 Å². The SMILES string of the molecule is CN(C)C(=O)CCCNc1ccc(Br)cc1. The van der Waals surface area contributed by atoms with E-state index >= 15 is 0 Å². The number of carbonyl (C=O) groups is 1. The predicted octanol–water partition coefficient (Wildman–Crippen LogP) is 2.73. The maximum atomic E-state index is 11.3. The Morgan fingerprint density at radius 3 is 2.50 bits per heavy atom. The van der Waals surface area contributed by atoms with E-state index in [0.29, 0.717) is 6.42 Å². The third-order valence-electron chi connectivity index (χ3n) is 2.24. The first-order valence-corrected chi connectivity index (χ1v) is 6.08. The lowest BCUT2D eigenvalue weighted by Gasteiger charge is -2.10. The molecule has 3 nitrogen and oxygen atoms in total. The van der Waals surface area contributed by atoms with Crippen LogP contribution in [0.1, 0.15) is 12.8 Å². The number of nitrogens with zero attached hydrogens (tertiary/aromatic N) is 1. The van der Waals surface area contributed by atoms with Crippen LogP contribution in [0.25, 0.3) is 0 Å². The minimum Gasteiger partial charge on any atom is -0.385 e. The fraction of sp³-hybridized carbons (Fsp3) is 0.417. The van der Waals surface area contributed by atoms with Crippen LogP contribution in [0.4, 0.5) is 5.69 Å². The van der Waals surface area contributed by atoms with E-state index in [-0.39, 0.29) is 5.91 Å². The fourth-order valence-corrected chi connectivity index (χ4v) is 1.53. The molecule has 0 saturated heterocycles. The molecule has 0 unspecified atom stereocenters. The smallest absolute Gasteiger partial charge is 0.222 e. The average molecular weight is 285 g/mol. The third-order valence-corrected chi connectivity index (χ3v) is 2.77. The monoisotopic (exact) mass is 284 g/mol. The zero-order valence-corrected chi connectivity index (χ0v) is 11.3. The molecule has 1 aromatic carbocycles. The molecule has 1 rings (SSSR count). The highest BCUT2D eigenvalue weighted by Gasteiger charge is 2.02. The van der Waals surface area contributed by atoms with Crippen LogP contribution in [0.15, 0.2) is 28.7 Å². The van der Waals surface area contributed by atoms with Crippen molar-refractivity contribution in [2.75, 3.05) is 26.0 Å². The van der Waals surface area contributed by atoms with Crippen molar-refractivity contribution in [1.29, 1.82) is 0 Å². The van der Waals surface area contributed by atoms with Gasteiger partial charge in [-0.1, -0.05) is 15.9 Å². The first kappa shape index (κ1) is 13.0. The van der Waals surface area contributed by atoms with Crippen molar-refractivity contribution >= 4 is 27.5 Å². The van der Waals surface area contributed by atoms with E-state index in [9.17, 15) is 4.79 Å². The second-order valence-corrected chi connectivity index (χ2v) is 4.74. The summed E-state index contributed by atoms with van der Waals surface area (Å²) in [6.07, 6.45) is 1.45. The van der Waals surface area contributed by atoms with Gasteiger partial charge in [0, 0.05) is 37.2 Å². The molecule has 0 aliphatic heterocycles. The van der Waals surface area contributed by atoms with Gasteiger partial charge in [-0.2, -0.15) is 0 Å². The van der Waals surface area contributed by atoms with E-state index in [0.717, 1.165) is 23.1 Å². The molecule has 1 aromatic rings. The number of amides is 1. The molecule has 16 heavy (non-hydrogen) atoms. The Kier molecular flexibility index (Phi) is 5.32. The molecule has 0 aliphatic carbocycles. The van der Waals surface area contributed by atoms with E-state index in [4.69, 9.17) is 0 Å². The van der Waals surface area contributed by atoms with Crippen molar-refractivity contribution in [3.63, 3.8) is 0 Å². The first-order valence-electron chi connectivity index (χ1n) is 5.29. The van der Waals surface area contributed by atoms with Gasteiger partial charge in [-0.05, 0) is 30.7 Å². The van der Waals surface area contributed by atoms with Crippen molar-refractivity contribution in [3.8, 4) is 0 Å². The number of halogens is 1. The van der Waals surface area contributed by atoms with Crippen LogP contribution < -0.4 is 5.32 Å². The van der Waals surface area contributed by atoms with Gasteiger partial charge < -0.3 is 10.2 Å². The van der Waals surface area contributed by atoms with Crippen molar-refractivity contribution in [2.45, 2.75) is 12.8 Å². The van der Waals surface area contributed by atoms with Crippen LogP contribution in [0.3, 0.4) is 0 Å². The molecule has 0 spiro atoms. The molecule has 0 fully saturated rings. The molecular formula is C12H17BrN2O. The molecule has 1 amide bonds. The van der Waals surface area contributed by atoms with Gasteiger partial charge in [0.2, 0.25) is 5.91 Å². The van der Waals surface area contributed by atoms with Gasteiger partial charge in [-0.25, -0.2) is 0 Å². The topological polar surface area (TPSA) is 32.3 Å². The Balaban J connectivity index is 2.21. The molecule has 0 saturated carbocycles. The Morgan fingerprint density at radius 1 is 1.31 bits per heavy atom. The molecule has 0 bridgehead atoms. The number of benzene rings is 1. The molecule has 0 aliphatic rings. The highest BCUT2D eigenvalue weighted by molar-refractivity contribution is 9.10. The Morgan fingerprint density at radius 2 is 1.94 bits per heavy atom. The zero-order valence-electron chi connectivity index (χ0n) is 9.66. The van der Waals surface area contributed by atoms with E-state index in [1.807, 2.05) is 24.3 Å². The normalized spacial score (nSPS) is 9.94. The van der Waals surface area contributed by atoms with E-state index in [2.05, 4.69) is 21.2 Å². The third kappa shape index (κ3) is 4.66. The minimum atomic E-state index is 0.178. The first-order chi connectivity index (χ1) is 7.59. The summed E-state index contributed by atoms with van der Waals surface area (Å²) >= 11 is 3.38. The Bertz CT molecular complexity index is 335. The Hall–Kier alpha value is -1.03.